The van der Waals surface area contributed by atoms with Crippen molar-refractivity contribution in [2.75, 3.05) is 0 Å². The zero-order valence-corrected chi connectivity index (χ0v) is 15.6. The van der Waals surface area contributed by atoms with Gasteiger partial charge in [-0.05, 0) is 32.3 Å². The molecule has 0 aliphatic heterocycles. The second-order valence-corrected chi connectivity index (χ2v) is 6.60. The van der Waals surface area contributed by atoms with Crippen LogP contribution in [0.25, 0.3) is 0 Å². The lowest BCUT2D eigenvalue weighted by molar-refractivity contribution is -0.136. The minimum Gasteiger partial charge on any atom is -0.442 e. The molecule has 0 fully saturated rings. The Bertz CT molecular complexity index is 757. The maximum atomic E-state index is 13.0. The molecule has 0 spiro atoms. The van der Waals surface area contributed by atoms with Gasteiger partial charge in [-0.2, -0.15) is 0 Å². The summed E-state index contributed by atoms with van der Waals surface area (Å²) in [6.45, 7) is 3.67. The first-order valence-electron chi connectivity index (χ1n) is 8.97. The van der Waals surface area contributed by atoms with Crippen molar-refractivity contribution in [2.45, 2.75) is 51.6 Å². The Morgan fingerprint density at radius 3 is 2.41 bits per heavy atom. The lowest BCUT2D eigenvalue weighted by Crippen LogP contribution is -2.49. The molecule has 7 nitrogen and oxygen atoms in total. The summed E-state index contributed by atoms with van der Waals surface area (Å²) in [4.78, 5) is 42.2. The van der Waals surface area contributed by atoms with E-state index in [0.29, 0.717) is 12.8 Å². The van der Waals surface area contributed by atoms with Gasteiger partial charge in [0.2, 0.25) is 17.6 Å². The fourth-order valence-electron chi connectivity index (χ4n) is 3.01. The standard InChI is InChI=1S/C20H25N3O4/c1-14(2)23(18(25)11-10-17(21)24)16(19(26)20-22-12-13-27-20)9-8-15-6-4-3-5-7-15/h3-7,12-14,16H,8-11H2,1-2H3,(H2,21,24). The molecule has 2 aromatic rings. The third-order valence-electron chi connectivity index (χ3n) is 4.26. The van der Waals surface area contributed by atoms with Crippen molar-refractivity contribution in [3.63, 3.8) is 0 Å². The second kappa shape index (κ2) is 9.66. The number of amides is 2. The minimum atomic E-state index is -0.732. The molecule has 1 heterocycles. The van der Waals surface area contributed by atoms with Gasteiger partial charge in [-0.25, -0.2) is 4.98 Å². The molecule has 0 bridgehead atoms. The number of benzene rings is 1. The molecule has 0 aliphatic rings. The number of carbonyl (C=O) groups is 3. The number of hydrogen-bond donors (Lipinski definition) is 1. The average Bonchev–Trinajstić information content (AvgIpc) is 3.17. The maximum absolute atomic E-state index is 13.0. The summed E-state index contributed by atoms with van der Waals surface area (Å²) in [5.74, 6) is -1.22. The Balaban J connectivity index is 2.25. The number of carbonyl (C=O) groups excluding carboxylic acids is 3. The smallest absolute Gasteiger partial charge is 0.265 e. The summed E-state index contributed by atoms with van der Waals surface area (Å²) in [5.41, 5.74) is 6.23. The molecule has 0 saturated heterocycles. The van der Waals surface area contributed by atoms with Crippen LogP contribution in [-0.4, -0.2) is 39.6 Å². The molecule has 2 rings (SSSR count). The predicted octanol–water partition coefficient (Wildman–Crippen LogP) is 2.36. The summed E-state index contributed by atoms with van der Waals surface area (Å²) in [6, 6.07) is 8.76. The first-order valence-corrected chi connectivity index (χ1v) is 8.97. The van der Waals surface area contributed by atoms with Crippen LogP contribution in [0, 0.1) is 0 Å². The van der Waals surface area contributed by atoms with Crippen LogP contribution in [-0.2, 0) is 16.0 Å². The minimum absolute atomic E-state index is 0.0265. The summed E-state index contributed by atoms with van der Waals surface area (Å²) < 4.78 is 5.16. The highest BCUT2D eigenvalue weighted by atomic mass is 16.3. The summed E-state index contributed by atoms with van der Waals surface area (Å²) in [7, 11) is 0. The molecular formula is C20H25N3O4. The van der Waals surface area contributed by atoms with Crippen molar-refractivity contribution in [1.29, 1.82) is 0 Å². The van der Waals surface area contributed by atoms with Gasteiger partial charge >= 0.3 is 0 Å². The first kappa shape index (κ1) is 20.4. The van der Waals surface area contributed by atoms with Crippen LogP contribution in [0.2, 0.25) is 0 Å². The first-order chi connectivity index (χ1) is 12.9. The van der Waals surface area contributed by atoms with E-state index in [2.05, 4.69) is 4.98 Å². The number of hydrogen-bond acceptors (Lipinski definition) is 5. The van der Waals surface area contributed by atoms with Gasteiger partial charge in [-0.15, -0.1) is 0 Å². The van der Waals surface area contributed by atoms with Crippen molar-refractivity contribution >= 4 is 17.6 Å². The lowest BCUT2D eigenvalue weighted by Gasteiger charge is -2.34. The van der Waals surface area contributed by atoms with Gasteiger partial charge in [0.1, 0.15) is 12.3 Å². The zero-order chi connectivity index (χ0) is 19.8. The molecule has 2 N–H and O–H groups in total. The van der Waals surface area contributed by atoms with Crippen LogP contribution in [0.5, 0.6) is 0 Å². The van der Waals surface area contributed by atoms with E-state index < -0.39 is 11.9 Å². The molecule has 1 aromatic heterocycles. The quantitative estimate of drug-likeness (QED) is 0.645. The van der Waals surface area contributed by atoms with Gasteiger partial charge < -0.3 is 15.1 Å². The number of nitrogens with zero attached hydrogens (tertiary/aromatic N) is 2. The molecule has 0 saturated carbocycles. The van der Waals surface area contributed by atoms with Gasteiger partial charge in [-0.3, -0.25) is 14.4 Å². The molecule has 1 atom stereocenters. The molecular weight excluding hydrogens is 346 g/mol. The highest BCUT2D eigenvalue weighted by Crippen LogP contribution is 2.19. The van der Waals surface area contributed by atoms with E-state index in [-0.39, 0.29) is 36.5 Å². The Kier molecular flexibility index (Phi) is 7.28. The third kappa shape index (κ3) is 5.77. The number of aryl methyl sites for hydroxylation is 1. The van der Waals surface area contributed by atoms with Crippen LogP contribution in [0.3, 0.4) is 0 Å². The maximum Gasteiger partial charge on any atom is 0.265 e. The van der Waals surface area contributed by atoms with E-state index >= 15 is 0 Å². The Hall–Kier alpha value is -2.96. The van der Waals surface area contributed by atoms with E-state index in [1.54, 1.807) is 0 Å². The molecule has 1 aromatic carbocycles. The van der Waals surface area contributed by atoms with Crippen molar-refractivity contribution in [2.24, 2.45) is 5.73 Å². The Morgan fingerprint density at radius 1 is 1.15 bits per heavy atom. The van der Waals surface area contributed by atoms with Gasteiger partial charge in [0.15, 0.2) is 0 Å². The number of oxazole rings is 1. The Labute approximate surface area is 158 Å². The van der Waals surface area contributed by atoms with E-state index in [4.69, 9.17) is 10.2 Å². The van der Waals surface area contributed by atoms with Gasteiger partial charge in [0.25, 0.3) is 5.89 Å². The highest BCUT2D eigenvalue weighted by Gasteiger charge is 2.34. The monoisotopic (exact) mass is 371 g/mol. The number of rotatable bonds is 10. The number of aromatic nitrogens is 1. The normalized spacial score (nSPS) is 12.0. The summed E-state index contributed by atoms with van der Waals surface area (Å²) in [6.07, 6.45) is 3.68. The van der Waals surface area contributed by atoms with Crippen LogP contribution in [0.15, 0.2) is 47.2 Å². The van der Waals surface area contributed by atoms with E-state index in [1.165, 1.54) is 17.4 Å². The van der Waals surface area contributed by atoms with Crippen molar-refractivity contribution in [1.82, 2.24) is 9.88 Å². The van der Waals surface area contributed by atoms with Crippen LogP contribution < -0.4 is 5.73 Å². The van der Waals surface area contributed by atoms with Crippen molar-refractivity contribution < 1.29 is 18.8 Å². The van der Waals surface area contributed by atoms with Gasteiger partial charge in [-0.1, -0.05) is 30.3 Å². The van der Waals surface area contributed by atoms with Crippen molar-refractivity contribution in [3.05, 3.63) is 54.2 Å². The number of nitrogens with two attached hydrogens (primary N) is 1. The summed E-state index contributed by atoms with van der Waals surface area (Å²) >= 11 is 0. The molecule has 27 heavy (non-hydrogen) atoms. The third-order valence-corrected chi connectivity index (χ3v) is 4.26. The fraction of sp³-hybridized carbons (Fsp3) is 0.400. The number of primary amides is 1. The van der Waals surface area contributed by atoms with E-state index in [9.17, 15) is 14.4 Å². The average molecular weight is 371 g/mol. The Morgan fingerprint density at radius 2 is 1.85 bits per heavy atom. The molecule has 7 heteroatoms. The number of ketones is 1. The highest BCUT2D eigenvalue weighted by molar-refractivity contribution is 5.98. The van der Waals surface area contributed by atoms with Crippen LogP contribution in [0.4, 0.5) is 0 Å². The zero-order valence-electron chi connectivity index (χ0n) is 15.6. The van der Waals surface area contributed by atoms with Crippen LogP contribution in [0.1, 0.15) is 49.4 Å². The van der Waals surface area contributed by atoms with Crippen molar-refractivity contribution in [3.8, 4) is 0 Å². The molecule has 2 amide bonds. The van der Waals surface area contributed by atoms with Gasteiger partial charge in [0, 0.05) is 18.9 Å². The second-order valence-electron chi connectivity index (χ2n) is 6.60. The summed E-state index contributed by atoms with van der Waals surface area (Å²) in [5, 5.41) is 0. The topological polar surface area (TPSA) is 106 Å². The molecule has 1 unspecified atom stereocenters. The lowest BCUT2D eigenvalue weighted by atomic mass is 9.98. The largest absolute Gasteiger partial charge is 0.442 e. The van der Waals surface area contributed by atoms with E-state index in [0.717, 1.165) is 5.56 Å². The van der Waals surface area contributed by atoms with E-state index in [1.807, 2.05) is 44.2 Å². The fourth-order valence-corrected chi connectivity index (χ4v) is 3.01. The predicted molar refractivity (Wildman–Crippen MR) is 99.8 cm³/mol. The molecule has 0 aliphatic carbocycles. The molecule has 144 valence electrons. The number of Topliss-reactive ketones (excluding diaryl/α,β-unsaturated/α-hetero) is 1. The molecule has 0 radical (unpaired) electrons. The van der Waals surface area contributed by atoms with Crippen LogP contribution >= 0.6 is 0 Å². The SMILES string of the molecule is CC(C)N(C(=O)CCC(N)=O)C(CCc1ccccc1)C(=O)c1ncco1. The van der Waals surface area contributed by atoms with Gasteiger partial charge in [0.05, 0.1) is 6.20 Å².